The first-order chi connectivity index (χ1) is 16.1. The van der Waals surface area contributed by atoms with Gasteiger partial charge in [0.05, 0.1) is 23.1 Å². The summed E-state index contributed by atoms with van der Waals surface area (Å²) < 4.78 is 8.05. The summed E-state index contributed by atoms with van der Waals surface area (Å²) in [4.78, 5) is 22.5. The van der Waals surface area contributed by atoms with Crippen LogP contribution in [-0.2, 0) is 11.2 Å². The van der Waals surface area contributed by atoms with E-state index in [1.54, 1.807) is 11.3 Å². The molecule has 0 aromatic carbocycles. The molecule has 1 atom stereocenters. The Labute approximate surface area is 199 Å². The van der Waals surface area contributed by atoms with Gasteiger partial charge in [-0.2, -0.15) is 0 Å². The van der Waals surface area contributed by atoms with Crippen LogP contribution in [0.3, 0.4) is 0 Å². The molecular weight excluding hydrogens is 432 g/mol. The monoisotopic (exact) mass is 464 g/mol. The standard InChI is InChI=1S/C26H32N4O2S/c1-3-19-13-18(10-11-27-19)26-29-23(16-33-26)24-14-22(17(2)30(24)20-7-4-5-8-20)25(31)28-15-21-9-6-12-32-21/h10-11,13-14,16,20-21H,3-9,12,15H2,1-2H3,(H,28,31). The first-order valence-corrected chi connectivity index (χ1v) is 13.0. The number of ether oxygens (including phenoxy) is 1. The number of nitrogens with one attached hydrogen (secondary N) is 1. The van der Waals surface area contributed by atoms with Crippen LogP contribution in [0.2, 0.25) is 0 Å². The molecule has 1 saturated heterocycles. The summed E-state index contributed by atoms with van der Waals surface area (Å²) >= 11 is 1.65. The number of pyridine rings is 1. The van der Waals surface area contributed by atoms with Gasteiger partial charge in [-0.25, -0.2) is 4.98 Å². The Hall–Kier alpha value is -2.51. The zero-order valence-corrected chi connectivity index (χ0v) is 20.3. The molecule has 174 valence electrons. The minimum Gasteiger partial charge on any atom is -0.376 e. The number of hydrogen-bond donors (Lipinski definition) is 1. The van der Waals surface area contributed by atoms with Gasteiger partial charge in [0, 0.05) is 47.7 Å². The fourth-order valence-corrected chi connectivity index (χ4v) is 5.93. The molecule has 7 heteroatoms. The molecule has 1 N–H and O–H groups in total. The Morgan fingerprint density at radius 2 is 2.09 bits per heavy atom. The Kier molecular flexibility index (Phi) is 6.60. The van der Waals surface area contributed by atoms with Gasteiger partial charge in [0.25, 0.3) is 5.91 Å². The summed E-state index contributed by atoms with van der Waals surface area (Å²) in [7, 11) is 0. The van der Waals surface area contributed by atoms with Gasteiger partial charge >= 0.3 is 0 Å². The molecule has 4 heterocycles. The number of amides is 1. The largest absolute Gasteiger partial charge is 0.376 e. The quantitative estimate of drug-likeness (QED) is 0.496. The molecule has 5 rings (SSSR count). The SMILES string of the molecule is CCc1cc(-c2nc(-c3cc(C(=O)NCC4CCCO4)c(C)n3C3CCCC3)cs2)ccn1. The Bertz CT molecular complexity index is 1120. The van der Waals surface area contributed by atoms with E-state index in [1.165, 1.54) is 12.8 Å². The highest BCUT2D eigenvalue weighted by Gasteiger charge is 2.27. The van der Waals surface area contributed by atoms with E-state index in [0.717, 1.165) is 77.6 Å². The second-order valence-electron chi connectivity index (χ2n) is 9.11. The summed E-state index contributed by atoms with van der Waals surface area (Å²) in [5, 5.41) is 6.22. The first-order valence-electron chi connectivity index (χ1n) is 12.2. The van der Waals surface area contributed by atoms with Crippen molar-refractivity contribution in [1.29, 1.82) is 0 Å². The van der Waals surface area contributed by atoms with E-state index in [9.17, 15) is 4.79 Å². The van der Waals surface area contributed by atoms with Crippen LogP contribution in [0.25, 0.3) is 22.0 Å². The van der Waals surface area contributed by atoms with Crippen molar-refractivity contribution in [3.8, 4) is 22.0 Å². The summed E-state index contributed by atoms with van der Waals surface area (Å²) in [5.74, 6) is -0.0156. The lowest BCUT2D eigenvalue weighted by atomic mass is 10.2. The second kappa shape index (κ2) is 9.77. The predicted molar refractivity (Wildman–Crippen MR) is 132 cm³/mol. The number of aryl methyl sites for hydroxylation is 1. The highest BCUT2D eigenvalue weighted by molar-refractivity contribution is 7.13. The Morgan fingerprint density at radius 3 is 2.85 bits per heavy atom. The normalized spacial score (nSPS) is 18.8. The molecule has 1 saturated carbocycles. The highest BCUT2D eigenvalue weighted by atomic mass is 32.1. The van der Waals surface area contributed by atoms with Crippen molar-refractivity contribution in [2.24, 2.45) is 0 Å². The van der Waals surface area contributed by atoms with Crippen LogP contribution < -0.4 is 5.32 Å². The number of nitrogens with zero attached hydrogens (tertiary/aromatic N) is 3. The van der Waals surface area contributed by atoms with Crippen molar-refractivity contribution in [3.05, 3.63) is 46.7 Å². The molecule has 6 nitrogen and oxygen atoms in total. The number of hydrogen-bond acceptors (Lipinski definition) is 5. The molecule has 3 aromatic rings. The van der Waals surface area contributed by atoms with Crippen molar-refractivity contribution in [2.75, 3.05) is 13.2 Å². The molecule has 0 bridgehead atoms. The molecule has 2 fully saturated rings. The van der Waals surface area contributed by atoms with Gasteiger partial charge in [-0.3, -0.25) is 9.78 Å². The van der Waals surface area contributed by atoms with E-state index in [-0.39, 0.29) is 12.0 Å². The molecule has 2 aliphatic rings. The van der Waals surface area contributed by atoms with Gasteiger partial charge in [-0.05, 0) is 57.2 Å². The van der Waals surface area contributed by atoms with Crippen LogP contribution >= 0.6 is 11.3 Å². The fourth-order valence-electron chi connectivity index (χ4n) is 5.12. The minimum absolute atomic E-state index is 0.0156. The third-order valence-corrected chi connectivity index (χ3v) is 7.82. The molecule has 33 heavy (non-hydrogen) atoms. The molecule has 1 aliphatic carbocycles. The van der Waals surface area contributed by atoms with Gasteiger partial charge in [-0.1, -0.05) is 19.8 Å². The van der Waals surface area contributed by atoms with E-state index < -0.39 is 0 Å². The van der Waals surface area contributed by atoms with E-state index in [2.05, 4.69) is 40.2 Å². The van der Waals surface area contributed by atoms with E-state index in [4.69, 9.17) is 9.72 Å². The first kappa shape index (κ1) is 22.3. The molecular formula is C26H32N4O2S. The lowest BCUT2D eigenvalue weighted by molar-refractivity contribution is 0.0857. The van der Waals surface area contributed by atoms with Gasteiger partial charge in [0.2, 0.25) is 0 Å². The van der Waals surface area contributed by atoms with Gasteiger partial charge in [0.15, 0.2) is 0 Å². The lowest BCUT2D eigenvalue weighted by Crippen LogP contribution is -2.32. The number of aromatic nitrogens is 3. The molecule has 1 amide bonds. The topological polar surface area (TPSA) is 69.0 Å². The molecule has 0 radical (unpaired) electrons. The third kappa shape index (κ3) is 4.62. The van der Waals surface area contributed by atoms with E-state index in [1.807, 2.05) is 18.3 Å². The zero-order valence-electron chi connectivity index (χ0n) is 19.5. The van der Waals surface area contributed by atoms with Crippen LogP contribution in [0.1, 0.15) is 73.2 Å². The smallest absolute Gasteiger partial charge is 0.253 e. The lowest BCUT2D eigenvalue weighted by Gasteiger charge is -2.18. The molecule has 1 aliphatic heterocycles. The molecule has 3 aromatic heterocycles. The Morgan fingerprint density at radius 1 is 1.24 bits per heavy atom. The van der Waals surface area contributed by atoms with Crippen molar-refractivity contribution >= 4 is 17.2 Å². The highest BCUT2D eigenvalue weighted by Crippen LogP contribution is 2.38. The van der Waals surface area contributed by atoms with Crippen molar-refractivity contribution < 1.29 is 9.53 Å². The van der Waals surface area contributed by atoms with Crippen LogP contribution in [0, 0.1) is 6.92 Å². The second-order valence-corrected chi connectivity index (χ2v) is 9.97. The average molecular weight is 465 g/mol. The summed E-state index contributed by atoms with van der Waals surface area (Å²) in [6.07, 6.45) is 9.77. The van der Waals surface area contributed by atoms with E-state index >= 15 is 0 Å². The van der Waals surface area contributed by atoms with Gasteiger partial charge in [0.1, 0.15) is 5.01 Å². The number of carbonyl (C=O) groups is 1. The maximum atomic E-state index is 13.1. The number of thiazole rings is 1. The summed E-state index contributed by atoms with van der Waals surface area (Å²) in [6, 6.07) is 6.61. The number of carbonyl (C=O) groups excluding carboxylic acids is 1. The summed E-state index contributed by atoms with van der Waals surface area (Å²) in [5.41, 5.74) is 5.95. The summed E-state index contributed by atoms with van der Waals surface area (Å²) in [6.45, 7) is 5.56. The predicted octanol–water partition coefficient (Wildman–Crippen LogP) is 5.57. The third-order valence-electron chi connectivity index (χ3n) is 6.93. The van der Waals surface area contributed by atoms with Crippen molar-refractivity contribution in [1.82, 2.24) is 19.9 Å². The van der Waals surface area contributed by atoms with Gasteiger partial charge in [-0.15, -0.1) is 11.3 Å². The van der Waals surface area contributed by atoms with Crippen molar-refractivity contribution in [2.45, 2.75) is 70.9 Å². The minimum atomic E-state index is -0.0156. The maximum Gasteiger partial charge on any atom is 0.253 e. The molecule has 0 spiro atoms. The van der Waals surface area contributed by atoms with Crippen LogP contribution in [0.4, 0.5) is 0 Å². The van der Waals surface area contributed by atoms with E-state index in [0.29, 0.717) is 12.6 Å². The fraction of sp³-hybridized carbons (Fsp3) is 0.500. The van der Waals surface area contributed by atoms with Crippen LogP contribution in [0.15, 0.2) is 29.8 Å². The Balaban J connectivity index is 1.46. The van der Waals surface area contributed by atoms with Crippen LogP contribution in [-0.4, -0.2) is 39.7 Å². The average Bonchev–Trinajstić information content (AvgIpc) is 3.64. The van der Waals surface area contributed by atoms with Crippen molar-refractivity contribution in [3.63, 3.8) is 0 Å². The maximum absolute atomic E-state index is 13.1. The number of rotatable bonds is 7. The van der Waals surface area contributed by atoms with Crippen LogP contribution in [0.5, 0.6) is 0 Å². The zero-order chi connectivity index (χ0) is 22.8. The van der Waals surface area contributed by atoms with Gasteiger partial charge < -0.3 is 14.6 Å². The molecule has 1 unspecified atom stereocenters.